The van der Waals surface area contributed by atoms with Gasteiger partial charge in [-0.25, -0.2) is 0 Å². The van der Waals surface area contributed by atoms with Crippen molar-refractivity contribution < 1.29 is 0 Å². The second kappa shape index (κ2) is 7.42. The minimum Gasteiger partial charge on any atom is -0.120 e. The van der Waals surface area contributed by atoms with Crippen LogP contribution >= 0.6 is 63.1 Å². The predicted octanol–water partition coefficient (Wildman–Crippen LogP) is 5.88. The first-order chi connectivity index (χ1) is 7.25. The van der Waals surface area contributed by atoms with Gasteiger partial charge in [-0.15, -0.1) is 23.4 Å². The van der Waals surface area contributed by atoms with Gasteiger partial charge in [-0.2, -0.15) is 0 Å². The van der Waals surface area contributed by atoms with Gasteiger partial charge in [0.2, 0.25) is 0 Å². The van der Waals surface area contributed by atoms with E-state index in [1.165, 1.54) is 17.3 Å². The lowest BCUT2D eigenvalue weighted by atomic mass is 10.0. The van der Waals surface area contributed by atoms with E-state index in [1.807, 2.05) is 20.1 Å². The zero-order valence-corrected chi connectivity index (χ0v) is 14.3. The molecule has 1 atom stereocenters. The van der Waals surface area contributed by atoms with Crippen molar-refractivity contribution in [1.82, 2.24) is 0 Å². The summed E-state index contributed by atoms with van der Waals surface area (Å²) in [5.74, 6) is 0. The van der Waals surface area contributed by atoms with Crippen LogP contribution in [0.3, 0.4) is 0 Å². The third kappa shape index (κ3) is 4.69. The Hall–Kier alpha value is 0.980. The molecule has 0 radical (unpaired) electrons. The Kier molecular flexibility index (Phi) is 7.88. The topological polar surface area (TPSA) is 0 Å². The molecule has 0 saturated heterocycles. The van der Waals surface area contributed by atoms with Crippen LogP contribution in [0.1, 0.15) is 26.7 Å². The molecule has 16 heavy (non-hydrogen) atoms. The van der Waals surface area contributed by atoms with E-state index in [-0.39, 0.29) is 0 Å². The lowest BCUT2D eigenvalue weighted by molar-refractivity contribution is 0.787. The number of rotatable bonds is 5. The molecular weight excluding hydrogens is 347 g/mol. The van der Waals surface area contributed by atoms with Gasteiger partial charge < -0.3 is 0 Å². The average Bonchev–Trinajstić information content (AvgIpc) is 2.23. The highest BCUT2D eigenvalue weighted by Crippen LogP contribution is 2.39. The van der Waals surface area contributed by atoms with Crippen molar-refractivity contribution in [3.63, 3.8) is 0 Å². The molecule has 0 aromatic carbocycles. The van der Waals surface area contributed by atoms with Crippen LogP contribution in [-0.2, 0) is 0 Å². The van der Waals surface area contributed by atoms with Crippen LogP contribution in [0.5, 0.6) is 0 Å². The van der Waals surface area contributed by atoms with E-state index in [2.05, 4.69) is 22.5 Å². The van der Waals surface area contributed by atoms with E-state index in [1.54, 1.807) is 0 Å². The summed E-state index contributed by atoms with van der Waals surface area (Å²) in [4.78, 5) is -0.801. The minimum atomic E-state index is -0.801. The third-order valence-corrected chi connectivity index (χ3v) is 6.18. The molecule has 0 spiro atoms. The van der Waals surface area contributed by atoms with E-state index < -0.39 is 4.87 Å². The maximum Gasteiger partial charge on any atom is 0.120 e. The fraction of sp³-hybridized carbons (Fsp3) is 0.545. The molecular formula is C11H15BrCl2S2. The highest BCUT2D eigenvalue weighted by Gasteiger charge is 2.34. The number of hydrogen-bond donors (Lipinski definition) is 0. The van der Waals surface area contributed by atoms with E-state index in [4.69, 9.17) is 35.4 Å². The van der Waals surface area contributed by atoms with Crippen LogP contribution in [-0.4, -0.2) is 15.3 Å². The summed E-state index contributed by atoms with van der Waals surface area (Å²) >= 11 is 22.6. The second-order valence-corrected chi connectivity index (χ2v) is 7.14. The Morgan fingerprint density at radius 3 is 2.31 bits per heavy atom. The summed E-state index contributed by atoms with van der Waals surface area (Å²) < 4.78 is 1.81. The predicted molar refractivity (Wildman–Crippen MR) is 86.2 cm³/mol. The molecule has 0 bridgehead atoms. The van der Waals surface area contributed by atoms with Gasteiger partial charge in [0.15, 0.2) is 0 Å². The molecule has 92 valence electrons. The molecule has 0 N–H and O–H groups in total. The highest BCUT2D eigenvalue weighted by molar-refractivity contribution is 9.11. The number of alkyl halides is 1. The van der Waals surface area contributed by atoms with E-state index in [0.717, 1.165) is 10.9 Å². The fourth-order valence-electron chi connectivity index (χ4n) is 1.04. The average molecular weight is 362 g/mol. The SMILES string of the molecule is C=C(Cl)C(Cl)(CCC(Br)=C(C)C)C(=S)SC. The molecule has 0 heterocycles. The zero-order valence-electron chi connectivity index (χ0n) is 9.57. The van der Waals surface area contributed by atoms with Crippen LogP contribution in [0.2, 0.25) is 0 Å². The molecule has 0 aliphatic carbocycles. The van der Waals surface area contributed by atoms with E-state index in [0.29, 0.717) is 15.6 Å². The molecule has 0 saturated carbocycles. The lowest BCUT2D eigenvalue weighted by Gasteiger charge is -2.26. The number of halogens is 3. The van der Waals surface area contributed by atoms with E-state index in [9.17, 15) is 0 Å². The molecule has 0 aromatic rings. The van der Waals surface area contributed by atoms with Crippen LogP contribution in [0.4, 0.5) is 0 Å². The van der Waals surface area contributed by atoms with Gasteiger partial charge in [0.05, 0.1) is 4.20 Å². The summed E-state index contributed by atoms with van der Waals surface area (Å²) in [7, 11) is 0. The van der Waals surface area contributed by atoms with Crippen molar-refractivity contribution in [3.05, 3.63) is 21.7 Å². The number of allylic oxidation sites excluding steroid dienone is 3. The number of hydrogen-bond acceptors (Lipinski definition) is 2. The molecule has 0 nitrogen and oxygen atoms in total. The Labute approximate surface area is 126 Å². The lowest BCUT2D eigenvalue weighted by Crippen LogP contribution is -2.29. The van der Waals surface area contributed by atoms with Gasteiger partial charge in [0.1, 0.15) is 4.87 Å². The summed E-state index contributed by atoms with van der Waals surface area (Å²) in [6.45, 7) is 7.81. The van der Waals surface area contributed by atoms with Crippen molar-refractivity contribution in [1.29, 1.82) is 0 Å². The van der Waals surface area contributed by atoms with Gasteiger partial charge in [-0.3, -0.25) is 0 Å². The molecule has 0 aliphatic rings. The van der Waals surface area contributed by atoms with Crippen molar-refractivity contribution in [2.45, 2.75) is 31.6 Å². The first kappa shape index (κ1) is 17.0. The first-order valence-corrected chi connectivity index (χ1v) is 7.88. The fourth-order valence-corrected chi connectivity index (χ4v) is 2.64. The Morgan fingerprint density at radius 1 is 1.50 bits per heavy atom. The van der Waals surface area contributed by atoms with Crippen molar-refractivity contribution in [2.75, 3.05) is 6.26 Å². The number of thioether (sulfide) groups is 1. The molecule has 0 amide bonds. The quantitative estimate of drug-likeness (QED) is 0.443. The largest absolute Gasteiger partial charge is 0.120 e. The monoisotopic (exact) mass is 360 g/mol. The van der Waals surface area contributed by atoms with Crippen LogP contribution in [0.15, 0.2) is 21.7 Å². The van der Waals surface area contributed by atoms with Crippen LogP contribution < -0.4 is 0 Å². The summed E-state index contributed by atoms with van der Waals surface area (Å²) in [5.41, 5.74) is 1.23. The normalized spacial score (nSPS) is 14.1. The number of thiocarbonyl (C=S) groups is 1. The zero-order chi connectivity index (χ0) is 12.9. The van der Waals surface area contributed by atoms with Gasteiger partial charge >= 0.3 is 0 Å². The van der Waals surface area contributed by atoms with Crippen molar-refractivity contribution in [2.24, 2.45) is 0 Å². The van der Waals surface area contributed by atoms with Crippen LogP contribution in [0, 0.1) is 0 Å². The van der Waals surface area contributed by atoms with E-state index >= 15 is 0 Å². The molecule has 0 fully saturated rings. The van der Waals surface area contributed by atoms with Crippen molar-refractivity contribution in [3.8, 4) is 0 Å². The molecule has 1 unspecified atom stereocenters. The molecule has 0 aromatic heterocycles. The molecule has 0 aliphatic heterocycles. The van der Waals surface area contributed by atoms with Gasteiger partial charge in [0.25, 0.3) is 0 Å². The Morgan fingerprint density at radius 2 is 2.00 bits per heavy atom. The first-order valence-electron chi connectivity index (χ1n) is 4.69. The Balaban J connectivity index is 4.79. The van der Waals surface area contributed by atoms with Crippen LogP contribution in [0.25, 0.3) is 0 Å². The van der Waals surface area contributed by atoms with Crippen molar-refractivity contribution >= 4 is 67.3 Å². The minimum absolute atomic E-state index is 0.391. The second-order valence-electron chi connectivity index (χ2n) is 3.60. The van der Waals surface area contributed by atoms with Gasteiger partial charge in [-0.1, -0.05) is 51.9 Å². The molecule has 0 rings (SSSR count). The summed E-state index contributed by atoms with van der Waals surface area (Å²) in [6.07, 6.45) is 3.36. The highest BCUT2D eigenvalue weighted by atomic mass is 79.9. The Bertz CT molecular complexity index is 322. The van der Waals surface area contributed by atoms with Gasteiger partial charge in [0, 0.05) is 5.03 Å². The third-order valence-electron chi connectivity index (χ3n) is 2.17. The smallest absolute Gasteiger partial charge is 0.120 e. The standard InChI is InChI=1S/C11H15BrCl2S2/c1-7(2)9(12)5-6-11(14,8(3)13)10(15)16-4/h3,5-6H2,1-2,4H3. The maximum absolute atomic E-state index is 6.44. The maximum atomic E-state index is 6.44. The molecule has 5 heteroatoms. The summed E-state index contributed by atoms with van der Waals surface area (Å²) in [6, 6.07) is 0. The van der Waals surface area contributed by atoms with Gasteiger partial charge in [-0.05, 0) is 37.4 Å². The summed E-state index contributed by atoms with van der Waals surface area (Å²) in [5, 5.41) is 0.391.